The van der Waals surface area contributed by atoms with Crippen molar-refractivity contribution in [3.8, 4) is 17.1 Å². The lowest BCUT2D eigenvalue weighted by atomic mass is 10.2. The van der Waals surface area contributed by atoms with E-state index in [1.54, 1.807) is 6.20 Å². The Morgan fingerprint density at radius 1 is 1.07 bits per heavy atom. The first-order chi connectivity index (χ1) is 14.2. The van der Waals surface area contributed by atoms with Gasteiger partial charge in [-0.3, -0.25) is 9.55 Å². The highest BCUT2D eigenvalue weighted by Gasteiger charge is 2.19. The van der Waals surface area contributed by atoms with Gasteiger partial charge >= 0.3 is 0 Å². The molecule has 0 aliphatic carbocycles. The molecule has 1 fully saturated rings. The van der Waals surface area contributed by atoms with E-state index in [0.717, 1.165) is 58.9 Å². The number of hydrogen-bond donors (Lipinski definition) is 0. The van der Waals surface area contributed by atoms with Crippen LogP contribution in [0.15, 0.2) is 61.1 Å². The summed E-state index contributed by atoms with van der Waals surface area (Å²) in [4.78, 5) is 16.2. The van der Waals surface area contributed by atoms with Gasteiger partial charge in [-0.05, 0) is 42.6 Å². The minimum absolute atomic E-state index is 0.224. The number of aromatic nitrogens is 4. The fourth-order valence-corrected chi connectivity index (χ4v) is 3.93. The van der Waals surface area contributed by atoms with Crippen LogP contribution in [0.3, 0.4) is 0 Å². The highest BCUT2D eigenvalue weighted by atomic mass is 31.0. The van der Waals surface area contributed by atoms with Gasteiger partial charge in [0.25, 0.3) is 0 Å². The highest BCUT2D eigenvalue weighted by Crippen LogP contribution is 2.28. The minimum atomic E-state index is 0.224. The van der Waals surface area contributed by atoms with Crippen molar-refractivity contribution in [2.45, 2.75) is 13.0 Å². The summed E-state index contributed by atoms with van der Waals surface area (Å²) in [6.45, 7) is 4.55. The second kappa shape index (κ2) is 7.54. The molecule has 4 aromatic rings. The van der Waals surface area contributed by atoms with Gasteiger partial charge in [0.1, 0.15) is 11.6 Å². The third-order valence-corrected chi connectivity index (χ3v) is 5.56. The van der Waals surface area contributed by atoms with Gasteiger partial charge in [-0.15, -0.1) is 9.24 Å². The molecule has 5 rings (SSSR count). The van der Waals surface area contributed by atoms with Crippen molar-refractivity contribution in [2.24, 2.45) is 0 Å². The Morgan fingerprint density at radius 2 is 1.93 bits per heavy atom. The molecule has 1 aromatic carbocycles. The van der Waals surface area contributed by atoms with Crippen molar-refractivity contribution in [2.75, 3.05) is 24.6 Å². The number of ether oxygens (including phenoxy) is 1. The van der Waals surface area contributed by atoms with Crippen LogP contribution in [0.2, 0.25) is 0 Å². The molecule has 0 saturated carbocycles. The van der Waals surface area contributed by atoms with E-state index in [1.807, 2.05) is 18.5 Å². The van der Waals surface area contributed by atoms with Gasteiger partial charge in [0.2, 0.25) is 0 Å². The van der Waals surface area contributed by atoms with E-state index in [-0.39, 0.29) is 6.10 Å². The van der Waals surface area contributed by atoms with Gasteiger partial charge in [-0.25, -0.2) is 9.97 Å². The fraction of sp³-hybridized carbons (Fsp3) is 0.227. The summed E-state index contributed by atoms with van der Waals surface area (Å²) >= 11 is 0. The van der Waals surface area contributed by atoms with Crippen LogP contribution in [-0.4, -0.2) is 45.3 Å². The first kappa shape index (κ1) is 18.2. The van der Waals surface area contributed by atoms with Crippen LogP contribution in [0.25, 0.3) is 28.1 Å². The molecule has 6 nitrogen and oxygen atoms in total. The number of pyridine rings is 2. The van der Waals surface area contributed by atoms with Crippen LogP contribution in [0.4, 0.5) is 5.82 Å². The summed E-state index contributed by atoms with van der Waals surface area (Å²) in [5, 5.41) is 1.14. The van der Waals surface area contributed by atoms with Gasteiger partial charge in [-0.2, -0.15) is 0 Å². The monoisotopic (exact) mass is 403 g/mol. The van der Waals surface area contributed by atoms with E-state index in [1.165, 1.54) is 0 Å². The largest absolute Gasteiger partial charge is 0.375 e. The van der Waals surface area contributed by atoms with Crippen molar-refractivity contribution < 1.29 is 4.74 Å². The maximum atomic E-state index is 5.64. The number of imidazole rings is 1. The molecule has 2 unspecified atom stereocenters. The number of rotatable bonds is 3. The number of nitrogens with zero attached hydrogens (tertiary/aromatic N) is 5. The van der Waals surface area contributed by atoms with Crippen molar-refractivity contribution in [3.05, 3.63) is 61.1 Å². The van der Waals surface area contributed by atoms with Crippen molar-refractivity contribution >= 4 is 31.4 Å². The molecule has 0 radical (unpaired) electrons. The van der Waals surface area contributed by atoms with Gasteiger partial charge in [0.15, 0.2) is 0 Å². The number of fused-ring (bicyclic) bond motifs is 1. The summed E-state index contributed by atoms with van der Waals surface area (Å²) in [5.74, 6) is 1.83. The zero-order chi connectivity index (χ0) is 19.8. The average molecular weight is 403 g/mol. The summed E-state index contributed by atoms with van der Waals surface area (Å²) in [6, 6.07) is 14.4. The zero-order valence-corrected chi connectivity index (χ0v) is 17.3. The molecule has 1 aliphatic heterocycles. The highest BCUT2D eigenvalue weighted by molar-refractivity contribution is 7.27. The first-order valence-electron chi connectivity index (χ1n) is 9.70. The molecule has 7 heteroatoms. The molecule has 1 saturated heterocycles. The summed E-state index contributed by atoms with van der Waals surface area (Å²) in [5.41, 5.74) is 3.91. The van der Waals surface area contributed by atoms with E-state index in [4.69, 9.17) is 14.7 Å². The van der Waals surface area contributed by atoms with E-state index in [2.05, 4.69) is 67.0 Å². The lowest BCUT2D eigenvalue weighted by molar-refractivity contribution is 0.0529. The summed E-state index contributed by atoms with van der Waals surface area (Å²) < 4.78 is 7.78. The molecule has 3 aromatic heterocycles. The Morgan fingerprint density at radius 3 is 2.69 bits per heavy atom. The normalized spacial score (nSPS) is 17.0. The Balaban J connectivity index is 1.58. The SMILES string of the molecule is CC1CN(c2ccc(-c3nc4ccncc4n3-c3ccc(P)cc3)cn2)CCO1. The number of benzene rings is 1. The molecule has 4 heterocycles. The van der Waals surface area contributed by atoms with E-state index >= 15 is 0 Å². The number of anilines is 1. The fourth-order valence-electron chi connectivity index (χ4n) is 3.73. The van der Waals surface area contributed by atoms with Crippen molar-refractivity contribution in [1.82, 2.24) is 19.5 Å². The summed E-state index contributed by atoms with van der Waals surface area (Å²) in [7, 11) is 2.72. The predicted octanol–water partition coefficient (Wildman–Crippen LogP) is 3.21. The molecule has 1 aliphatic rings. The lowest BCUT2D eigenvalue weighted by Gasteiger charge is -2.32. The quantitative estimate of drug-likeness (QED) is 0.492. The van der Waals surface area contributed by atoms with Gasteiger partial charge in [0.05, 0.1) is 29.9 Å². The molecule has 146 valence electrons. The van der Waals surface area contributed by atoms with E-state index in [0.29, 0.717) is 0 Å². The second-order valence-corrected chi connectivity index (χ2v) is 7.93. The Labute approximate surface area is 171 Å². The molecule has 29 heavy (non-hydrogen) atoms. The Hall–Kier alpha value is -2.82. The smallest absolute Gasteiger partial charge is 0.147 e. The third kappa shape index (κ3) is 3.50. The third-order valence-electron chi connectivity index (χ3n) is 5.18. The van der Waals surface area contributed by atoms with Crippen LogP contribution in [-0.2, 0) is 4.74 Å². The van der Waals surface area contributed by atoms with Crippen LogP contribution in [0.1, 0.15) is 6.92 Å². The standard InChI is InChI=1S/C22H22N5OP/c1-15-14-26(10-11-28-15)21-7-2-16(12-24-21)22-25-19-8-9-23-13-20(19)27(22)17-3-5-18(29)6-4-17/h2-9,12-13,15H,10-11,14,29H2,1H3. The van der Waals surface area contributed by atoms with Crippen LogP contribution in [0.5, 0.6) is 0 Å². The molecular weight excluding hydrogens is 381 g/mol. The van der Waals surface area contributed by atoms with Crippen molar-refractivity contribution in [3.63, 3.8) is 0 Å². The molecular formula is C22H22N5OP. The predicted molar refractivity (Wildman–Crippen MR) is 119 cm³/mol. The molecule has 0 amide bonds. The lowest BCUT2D eigenvalue weighted by Crippen LogP contribution is -2.41. The first-order valence-corrected chi connectivity index (χ1v) is 10.3. The zero-order valence-electron chi connectivity index (χ0n) is 16.2. The van der Waals surface area contributed by atoms with Gasteiger partial charge in [-0.1, -0.05) is 12.1 Å². The molecule has 0 spiro atoms. The van der Waals surface area contributed by atoms with Gasteiger partial charge in [0, 0.05) is 36.7 Å². The second-order valence-electron chi connectivity index (χ2n) is 7.26. The van der Waals surface area contributed by atoms with Crippen LogP contribution < -0.4 is 10.2 Å². The Kier molecular flexibility index (Phi) is 4.74. The van der Waals surface area contributed by atoms with Gasteiger partial charge < -0.3 is 9.64 Å². The maximum absolute atomic E-state index is 5.64. The minimum Gasteiger partial charge on any atom is -0.375 e. The molecule has 0 N–H and O–H groups in total. The number of morpholine rings is 1. The van der Waals surface area contributed by atoms with Crippen molar-refractivity contribution in [1.29, 1.82) is 0 Å². The van der Waals surface area contributed by atoms with Crippen LogP contribution in [0, 0.1) is 0 Å². The summed E-state index contributed by atoms with van der Waals surface area (Å²) in [6.07, 6.45) is 5.76. The average Bonchev–Trinajstić information content (AvgIpc) is 3.14. The van der Waals surface area contributed by atoms with E-state index < -0.39 is 0 Å². The van der Waals surface area contributed by atoms with Crippen LogP contribution >= 0.6 is 9.24 Å². The number of hydrogen-bond acceptors (Lipinski definition) is 5. The topological polar surface area (TPSA) is 56.1 Å². The molecule has 2 atom stereocenters. The molecule has 0 bridgehead atoms. The van der Waals surface area contributed by atoms with E-state index in [9.17, 15) is 0 Å². The maximum Gasteiger partial charge on any atom is 0.147 e. The Bertz CT molecular complexity index is 1140.